The van der Waals surface area contributed by atoms with Crippen molar-refractivity contribution >= 4 is 35.2 Å². The van der Waals surface area contributed by atoms with Crippen LogP contribution in [0.15, 0.2) is 36.4 Å². The minimum absolute atomic E-state index is 0.0112. The number of nitrogens with two attached hydrogens (primary N) is 1. The standard InChI is InChI=1S/C26H30ClNO8/c1-13-23(12-33-14(2)29)36-25(26(35-16(4)31)24(13)34-15(3)30)18-6-7-20(27)19(11-18)9-17-5-8-22(32)21(28)10-17/h5-8,10-11,13,23-26,32H,9,12,28H2,1-4H3/t13?,23-,24+,25+,26-/m1/s1. The molecular weight excluding hydrogens is 490 g/mol. The number of rotatable bonds is 7. The number of nitrogen functional groups attached to an aromatic ring is 1. The number of aromatic hydroxyl groups is 1. The maximum atomic E-state index is 12.0. The topological polar surface area (TPSA) is 134 Å². The number of hydrogen-bond acceptors (Lipinski definition) is 9. The highest BCUT2D eigenvalue weighted by molar-refractivity contribution is 6.31. The highest BCUT2D eigenvalue weighted by Gasteiger charge is 2.48. The van der Waals surface area contributed by atoms with Crippen molar-refractivity contribution in [2.24, 2.45) is 5.92 Å². The lowest BCUT2D eigenvalue weighted by atomic mass is 9.85. The van der Waals surface area contributed by atoms with Crippen LogP contribution in [0.4, 0.5) is 5.69 Å². The lowest BCUT2D eigenvalue weighted by molar-refractivity contribution is -0.232. The van der Waals surface area contributed by atoms with Crippen molar-refractivity contribution in [1.82, 2.24) is 0 Å². The van der Waals surface area contributed by atoms with Crippen LogP contribution in [0.5, 0.6) is 5.75 Å². The molecule has 2 aromatic carbocycles. The summed E-state index contributed by atoms with van der Waals surface area (Å²) in [7, 11) is 0. The van der Waals surface area contributed by atoms with Crippen LogP contribution in [0.25, 0.3) is 0 Å². The van der Waals surface area contributed by atoms with Crippen molar-refractivity contribution in [3.63, 3.8) is 0 Å². The van der Waals surface area contributed by atoms with Crippen LogP contribution < -0.4 is 5.73 Å². The molecule has 0 spiro atoms. The fourth-order valence-corrected chi connectivity index (χ4v) is 4.44. The van der Waals surface area contributed by atoms with E-state index >= 15 is 0 Å². The summed E-state index contributed by atoms with van der Waals surface area (Å²) in [5, 5.41) is 10.2. The van der Waals surface area contributed by atoms with Crippen molar-refractivity contribution in [2.45, 2.75) is 58.5 Å². The Morgan fingerprint density at radius 3 is 2.28 bits per heavy atom. The quantitative estimate of drug-likeness (QED) is 0.243. The molecule has 3 rings (SSSR count). The van der Waals surface area contributed by atoms with Crippen LogP contribution in [0.1, 0.15) is 50.5 Å². The molecule has 1 aliphatic heterocycles. The van der Waals surface area contributed by atoms with Crippen molar-refractivity contribution < 1.29 is 38.4 Å². The third kappa shape index (κ3) is 6.67. The summed E-state index contributed by atoms with van der Waals surface area (Å²) in [6, 6.07) is 10.2. The number of carbonyl (C=O) groups excluding carboxylic acids is 3. The number of phenols is 1. The highest BCUT2D eigenvalue weighted by atomic mass is 35.5. The Morgan fingerprint density at radius 2 is 1.67 bits per heavy atom. The Labute approximate surface area is 214 Å². The van der Waals surface area contributed by atoms with Gasteiger partial charge in [0, 0.05) is 31.7 Å². The fraction of sp³-hybridized carbons (Fsp3) is 0.423. The molecule has 194 valence electrons. The van der Waals surface area contributed by atoms with E-state index in [0.29, 0.717) is 17.0 Å². The summed E-state index contributed by atoms with van der Waals surface area (Å²) in [4.78, 5) is 35.4. The predicted molar refractivity (Wildman–Crippen MR) is 131 cm³/mol. The first-order valence-corrected chi connectivity index (χ1v) is 11.8. The summed E-state index contributed by atoms with van der Waals surface area (Å²) < 4.78 is 22.7. The van der Waals surface area contributed by atoms with Gasteiger partial charge in [0.05, 0.1) is 11.8 Å². The number of hydrogen-bond donors (Lipinski definition) is 2. The maximum Gasteiger partial charge on any atom is 0.303 e. The van der Waals surface area contributed by atoms with Gasteiger partial charge in [-0.2, -0.15) is 0 Å². The molecule has 9 nitrogen and oxygen atoms in total. The number of halogens is 1. The molecule has 3 N–H and O–H groups in total. The number of carbonyl (C=O) groups is 3. The molecule has 10 heteroatoms. The maximum absolute atomic E-state index is 12.0. The minimum Gasteiger partial charge on any atom is -0.506 e. The summed E-state index contributed by atoms with van der Waals surface area (Å²) in [5.74, 6) is -2.04. The first-order chi connectivity index (χ1) is 17.0. The van der Waals surface area contributed by atoms with Crippen LogP contribution in [-0.4, -0.2) is 47.9 Å². The van der Waals surface area contributed by atoms with Gasteiger partial charge in [0.25, 0.3) is 0 Å². The Morgan fingerprint density at radius 1 is 1.00 bits per heavy atom. The fourth-order valence-electron chi connectivity index (χ4n) is 4.26. The molecule has 0 saturated carbocycles. The molecule has 1 aliphatic rings. The molecule has 0 amide bonds. The zero-order valence-electron chi connectivity index (χ0n) is 20.5. The van der Waals surface area contributed by atoms with Crippen molar-refractivity contribution in [1.29, 1.82) is 0 Å². The zero-order valence-corrected chi connectivity index (χ0v) is 21.3. The van der Waals surface area contributed by atoms with Crippen LogP contribution in [0.3, 0.4) is 0 Å². The number of esters is 3. The summed E-state index contributed by atoms with van der Waals surface area (Å²) in [6.07, 6.45) is -2.86. The molecule has 0 aliphatic carbocycles. The number of benzene rings is 2. The van der Waals surface area contributed by atoms with E-state index in [-0.39, 0.29) is 18.0 Å². The van der Waals surface area contributed by atoms with Gasteiger partial charge >= 0.3 is 17.9 Å². The SMILES string of the molecule is CC(=O)OC[C@H]1O[C@@H](c2ccc(Cl)c(Cc3ccc(O)c(N)c3)c2)[C@H](OC(C)=O)[C@@H](OC(C)=O)C1C. The van der Waals surface area contributed by atoms with E-state index in [0.717, 1.165) is 11.1 Å². The van der Waals surface area contributed by atoms with Gasteiger partial charge in [-0.15, -0.1) is 0 Å². The lowest BCUT2D eigenvalue weighted by Gasteiger charge is -2.44. The summed E-state index contributed by atoms with van der Waals surface area (Å²) in [6.45, 7) is 5.53. The van der Waals surface area contributed by atoms with Crippen molar-refractivity contribution in [3.8, 4) is 5.75 Å². The molecule has 2 aromatic rings. The Balaban J connectivity index is 2.01. The second kappa shape index (κ2) is 11.6. The van der Waals surface area contributed by atoms with E-state index in [1.165, 1.54) is 26.8 Å². The predicted octanol–water partition coefficient (Wildman–Crippen LogP) is 3.72. The van der Waals surface area contributed by atoms with Gasteiger partial charge in [-0.1, -0.05) is 36.7 Å². The highest BCUT2D eigenvalue weighted by Crippen LogP contribution is 2.40. The van der Waals surface area contributed by atoms with E-state index in [2.05, 4.69) is 0 Å². The van der Waals surface area contributed by atoms with Crippen molar-refractivity contribution in [2.75, 3.05) is 12.3 Å². The lowest BCUT2D eigenvalue weighted by Crippen LogP contribution is -2.54. The number of anilines is 1. The smallest absolute Gasteiger partial charge is 0.303 e. The molecule has 0 aromatic heterocycles. The zero-order chi connectivity index (χ0) is 26.6. The summed E-state index contributed by atoms with van der Waals surface area (Å²) in [5.41, 5.74) is 8.27. The van der Waals surface area contributed by atoms with Gasteiger partial charge < -0.3 is 29.8 Å². The van der Waals surface area contributed by atoms with Crippen LogP contribution in [0.2, 0.25) is 5.02 Å². The molecular formula is C26H30ClNO8. The second-order valence-corrected chi connectivity index (χ2v) is 9.23. The van der Waals surface area contributed by atoms with Gasteiger partial charge in [-0.25, -0.2) is 0 Å². The average molecular weight is 520 g/mol. The van der Waals surface area contributed by atoms with E-state index in [4.69, 9.17) is 36.3 Å². The van der Waals surface area contributed by atoms with Gasteiger partial charge in [0.1, 0.15) is 24.6 Å². The molecule has 36 heavy (non-hydrogen) atoms. The van der Waals surface area contributed by atoms with E-state index in [1.807, 2.05) is 6.07 Å². The molecule has 0 bridgehead atoms. The first kappa shape index (κ1) is 27.3. The molecule has 5 atom stereocenters. The molecule has 1 unspecified atom stereocenters. The third-order valence-corrected chi connectivity index (χ3v) is 6.36. The molecule has 0 radical (unpaired) electrons. The van der Waals surface area contributed by atoms with Crippen LogP contribution in [-0.2, 0) is 39.8 Å². The van der Waals surface area contributed by atoms with Crippen molar-refractivity contribution in [3.05, 3.63) is 58.1 Å². The number of phenolic OH excluding ortho intramolecular Hbond substituents is 1. The van der Waals surface area contributed by atoms with E-state index < -0.39 is 48.2 Å². The summed E-state index contributed by atoms with van der Waals surface area (Å²) >= 11 is 6.48. The number of ether oxygens (including phenoxy) is 4. The second-order valence-electron chi connectivity index (χ2n) is 8.83. The minimum atomic E-state index is -0.951. The Bertz CT molecular complexity index is 1140. The van der Waals surface area contributed by atoms with Gasteiger partial charge in [0.2, 0.25) is 0 Å². The largest absolute Gasteiger partial charge is 0.506 e. The van der Waals surface area contributed by atoms with Crippen LogP contribution in [0, 0.1) is 5.92 Å². The third-order valence-electron chi connectivity index (χ3n) is 5.99. The average Bonchev–Trinajstić information content (AvgIpc) is 2.79. The Hall–Kier alpha value is -3.30. The van der Waals surface area contributed by atoms with E-state index in [9.17, 15) is 19.5 Å². The Kier molecular flexibility index (Phi) is 8.81. The normalized spacial score (nSPS) is 23.5. The molecule has 1 fully saturated rings. The van der Waals surface area contributed by atoms with Crippen LogP contribution >= 0.6 is 11.6 Å². The molecule has 1 saturated heterocycles. The van der Waals surface area contributed by atoms with Gasteiger partial charge in [-0.05, 0) is 41.3 Å². The van der Waals surface area contributed by atoms with Gasteiger partial charge in [-0.3, -0.25) is 14.4 Å². The monoisotopic (exact) mass is 519 g/mol. The first-order valence-electron chi connectivity index (χ1n) is 11.4. The van der Waals surface area contributed by atoms with Gasteiger partial charge in [0.15, 0.2) is 6.10 Å². The van der Waals surface area contributed by atoms with E-state index in [1.54, 1.807) is 31.2 Å². The molecule has 1 heterocycles.